The molecular formula is C8H9N3O3. The van der Waals surface area contributed by atoms with Gasteiger partial charge in [0, 0.05) is 7.05 Å². The van der Waals surface area contributed by atoms with Crippen LogP contribution in [0.1, 0.15) is 16.2 Å². The van der Waals surface area contributed by atoms with E-state index in [0.29, 0.717) is 5.69 Å². The molecule has 0 spiro atoms. The summed E-state index contributed by atoms with van der Waals surface area (Å²) < 4.78 is 5.95. The number of hydrogen-bond donors (Lipinski definition) is 0. The number of rotatable bonds is 3. The summed E-state index contributed by atoms with van der Waals surface area (Å²) in [5, 5.41) is 3.89. The van der Waals surface area contributed by atoms with Crippen molar-refractivity contribution < 1.29 is 14.3 Å². The monoisotopic (exact) mass is 195 g/mol. The van der Waals surface area contributed by atoms with E-state index in [1.165, 1.54) is 23.9 Å². The summed E-state index contributed by atoms with van der Waals surface area (Å²) in [5.74, 6) is -0.512. The van der Waals surface area contributed by atoms with Gasteiger partial charge in [-0.3, -0.25) is 4.68 Å². The highest BCUT2D eigenvalue weighted by Gasteiger charge is 2.12. The molecule has 0 fully saturated rings. The van der Waals surface area contributed by atoms with Gasteiger partial charge in [0.15, 0.2) is 5.69 Å². The molecule has 6 nitrogen and oxygen atoms in total. The van der Waals surface area contributed by atoms with Crippen LogP contribution in [0.2, 0.25) is 0 Å². The van der Waals surface area contributed by atoms with E-state index in [4.69, 9.17) is 0 Å². The predicted octanol–water partition coefficient (Wildman–Crippen LogP) is 0.0425. The SMILES string of the molecule is COC(=O)c1cc(CN=C=O)n(C)n1. The fourth-order valence-corrected chi connectivity index (χ4v) is 0.971. The second kappa shape index (κ2) is 4.34. The van der Waals surface area contributed by atoms with Crippen molar-refractivity contribution in [1.82, 2.24) is 9.78 Å². The maximum absolute atomic E-state index is 11.0. The fraction of sp³-hybridized carbons (Fsp3) is 0.375. The first-order valence-corrected chi connectivity index (χ1v) is 3.84. The van der Waals surface area contributed by atoms with Crippen molar-refractivity contribution in [2.45, 2.75) is 6.54 Å². The van der Waals surface area contributed by atoms with E-state index in [-0.39, 0.29) is 12.2 Å². The smallest absolute Gasteiger partial charge is 0.358 e. The van der Waals surface area contributed by atoms with Crippen molar-refractivity contribution in [3.05, 3.63) is 17.5 Å². The van der Waals surface area contributed by atoms with Crippen LogP contribution in [0.5, 0.6) is 0 Å². The average molecular weight is 195 g/mol. The van der Waals surface area contributed by atoms with Gasteiger partial charge in [-0.2, -0.15) is 10.1 Å². The lowest BCUT2D eigenvalue weighted by Crippen LogP contribution is -2.03. The number of ether oxygens (including phenoxy) is 1. The molecule has 0 bridgehead atoms. The van der Waals surface area contributed by atoms with Crippen LogP contribution in [0.3, 0.4) is 0 Å². The number of nitrogens with zero attached hydrogens (tertiary/aromatic N) is 3. The van der Waals surface area contributed by atoms with Crippen LogP contribution in [-0.4, -0.2) is 28.9 Å². The molecule has 0 saturated heterocycles. The van der Waals surface area contributed by atoms with Gasteiger partial charge in [-0.15, -0.1) is 0 Å². The predicted molar refractivity (Wildman–Crippen MR) is 46.4 cm³/mol. The number of carbonyl (C=O) groups excluding carboxylic acids is 2. The van der Waals surface area contributed by atoms with E-state index >= 15 is 0 Å². The molecule has 0 aromatic carbocycles. The van der Waals surface area contributed by atoms with E-state index < -0.39 is 5.97 Å². The summed E-state index contributed by atoms with van der Waals surface area (Å²) in [6.45, 7) is 0.157. The zero-order valence-electron chi connectivity index (χ0n) is 7.85. The molecule has 0 N–H and O–H groups in total. The van der Waals surface area contributed by atoms with Crippen LogP contribution in [0.25, 0.3) is 0 Å². The molecule has 74 valence electrons. The van der Waals surface area contributed by atoms with Gasteiger partial charge in [-0.1, -0.05) is 0 Å². The maximum Gasteiger partial charge on any atom is 0.358 e. The maximum atomic E-state index is 11.0. The van der Waals surface area contributed by atoms with Crippen LogP contribution >= 0.6 is 0 Å². The van der Waals surface area contributed by atoms with Crippen LogP contribution < -0.4 is 0 Å². The van der Waals surface area contributed by atoms with Crippen LogP contribution in [-0.2, 0) is 23.1 Å². The number of aliphatic imine (C=N–C) groups is 1. The van der Waals surface area contributed by atoms with Crippen molar-refractivity contribution >= 4 is 12.0 Å². The lowest BCUT2D eigenvalue weighted by molar-refractivity contribution is 0.0593. The van der Waals surface area contributed by atoms with Crippen LogP contribution in [0.15, 0.2) is 11.1 Å². The first-order valence-electron chi connectivity index (χ1n) is 3.84. The first kappa shape index (κ1) is 10.1. The van der Waals surface area contributed by atoms with Gasteiger partial charge < -0.3 is 4.74 Å². The number of hydrogen-bond acceptors (Lipinski definition) is 5. The summed E-state index contributed by atoms with van der Waals surface area (Å²) in [5.41, 5.74) is 0.847. The third-order valence-electron chi connectivity index (χ3n) is 1.68. The van der Waals surface area contributed by atoms with Crippen LogP contribution in [0.4, 0.5) is 0 Å². The molecular weight excluding hydrogens is 186 g/mol. The van der Waals surface area contributed by atoms with E-state index in [2.05, 4.69) is 14.8 Å². The molecule has 1 aromatic heterocycles. The zero-order valence-corrected chi connectivity index (χ0v) is 7.85. The Balaban J connectivity index is 2.92. The minimum Gasteiger partial charge on any atom is -0.464 e. The lowest BCUT2D eigenvalue weighted by atomic mass is 10.3. The van der Waals surface area contributed by atoms with Crippen molar-refractivity contribution in [3.63, 3.8) is 0 Å². The van der Waals surface area contributed by atoms with E-state index in [1.54, 1.807) is 7.05 Å². The standard InChI is InChI=1S/C8H9N3O3/c1-11-6(4-9-5-12)3-7(10-11)8(13)14-2/h3H,4H2,1-2H3. The zero-order chi connectivity index (χ0) is 10.6. The molecule has 0 unspecified atom stereocenters. The summed E-state index contributed by atoms with van der Waals surface area (Å²) in [6, 6.07) is 1.52. The van der Waals surface area contributed by atoms with Gasteiger partial charge >= 0.3 is 5.97 Å². The Kier molecular flexibility index (Phi) is 3.14. The number of esters is 1. The molecule has 0 aliphatic heterocycles. The Morgan fingerprint density at radius 3 is 3.07 bits per heavy atom. The average Bonchev–Trinajstić information content (AvgIpc) is 2.56. The van der Waals surface area contributed by atoms with Gasteiger partial charge in [0.1, 0.15) is 0 Å². The van der Waals surface area contributed by atoms with Gasteiger partial charge in [0.2, 0.25) is 6.08 Å². The molecule has 0 amide bonds. The number of methoxy groups -OCH3 is 1. The Labute approximate surface area is 80.2 Å². The Bertz CT molecular complexity index is 391. The molecule has 0 aliphatic rings. The van der Waals surface area contributed by atoms with E-state index in [0.717, 1.165) is 0 Å². The van der Waals surface area contributed by atoms with E-state index in [9.17, 15) is 9.59 Å². The molecule has 1 rings (SSSR count). The van der Waals surface area contributed by atoms with Crippen molar-refractivity contribution in [3.8, 4) is 0 Å². The second-order valence-electron chi connectivity index (χ2n) is 2.54. The quantitative estimate of drug-likeness (QED) is 0.388. The summed E-state index contributed by atoms with van der Waals surface area (Å²) in [4.78, 5) is 24.3. The number of aromatic nitrogens is 2. The minimum atomic E-state index is -0.512. The summed E-state index contributed by atoms with van der Waals surface area (Å²) in [7, 11) is 2.93. The van der Waals surface area contributed by atoms with Gasteiger partial charge in [0.25, 0.3) is 0 Å². The van der Waals surface area contributed by atoms with Crippen LogP contribution in [0, 0.1) is 0 Å². The molecule has 0 saturated carbocycles. The summed E-state index contributed by atoms with van der Waals surface area (Å²) in [6.07, 6.45) is 1.41. The Morgan fingerprint density at radius 2 is 2.50 bits per heavy atom. The first-order chi connectivity index (χ1) is 6.69. The second-order valence-corrected chi connectivity index (χ2v) is 2.54. The van der Waals surface area contributed by atoms with Gasteiger partial charge in [-0.05, 0) is 6.07 Å². The number of aryl methyl sites for hydroxylation is 1. The van der Waals surface area contributed by atoms with Crippen molar-refractivity contribution in [2.75, 3.05) is 7.11 Å². The molecule has 1 heterocycles. The van der Waals surface area contributed by atoms with Crippen molar-refractivity contribution in [1.29, 1.82) is 0 Å². The molecule has 0 radical (unpaired) electrons. The number of carbonyl (C=O) groups is 1. The van der Waals surface area contributed by atoms with E-state index in [1.807, 2.05) is 0 Å². The van der Waals surface area contributed by atoms with Crippen molar-refractivity contribution in [2.24, 2.45) is 12.0 Å². The highest BCUT2D eigenvalue weighted by atomic mass is 16.5. The fourth-order valence-electron chi connectivity index (χ4n) is 0.971. The van der Waals surface area contributed by atoms with Gasteiger partial charge in [-0.25, -0.2) is 9.59 Å². The normalized spacial score (nSPS) is 9.29. The molecule has 0 aliphatic carbocycles. The highest BCUT2D eigenvalue weighted by Crippen LogP contribution is 2.05. The molecule has 14 heavy (non-hydrogen) atoms. The topological polar surface area (TPSA) is 73.5 Å². The Morgan fingerprint density at radius 1 is 1.79 bits per heavy atom. The highest BCUT2D eigenvalue weighted by molar-refractivity contribution is 5.87. The Hall–Kier alpha value is -1.94. The van der Waals surface area contributed by atoms with Gasteiger partial charge in [0.05, 0.1) is 19.3 Å². The molecule has 0 atom stereocenters. The number of isocyanates is 1. The third-order valence-corrected chi connectivity index (χ3v) is 1.68. The lowest BCUT2D eigenvalue weighted by Gasteiger charge is -1.93. The minimum absolute atomic E-state index is 0.157. The largest absolute Gasteiger partial charge is 0.464 e. The molecule has 6 heteroatoms. The third kappa shape index (κ3) is 2.05. The summed E-state index contributed by atoms with van der Waals surface area (Å²) >= 11 is 0. The molecule has 1 aromatic rings.